The number of ether oxygens (including phenoxy) is 4. The Morgan fingerprint density at radius 2 is 1.12 bits per heavy atom. The van der Waals surface area contributed by atoms with E-state index in [0.29, 0.717) is 17.7 Å². The van der Waals surface area contributed by atoms with E-state index in [1.165, 1.54) is 6.20 Å². The van der Waals surface area contributed by atoms with Crippen LogP contribution in [0.4, 0.5) is 9.59 Å². The summed E-state index contributed by atoms with van der Waals surface area (Å²) in [6.45, 7) is 21.0. The standard InChI is InChI=1S/C37H55N3O9/c1-34(2,3)46-30(42)27(38-32(44)48-36(7,8)9)19-18-25-22-40(21-24-16-14-13-15-17-24)23-29(41)26(25)20-28(31(43)47-35(4,5)6)39-33(45)49-37(10,11)12/h13-17,22-23,27-28H,18-21H2,1-12H3,(H2-,38,39,41,44,45)/p+1/t27-,28-/m0/s1. The lowest BCUT2D eigenvalue weighted by atomic mass is 9.96. The average molecular weight is 687 g/mol. The van der Waals surface area contributed by atoms with E-state index in [-0.39, 0.29) is 25.0 Å². The molecule has 2 atom stereocenters. The second-order valence-corrected chi connectivity index (χ2v) is 16.0. The maximum atomic E-state index is 13.4. The normalized spacial score (nSPS) is 13.5. The van der Waals surface area contributed by atoms with Crippen molar-refractivity contribution in [1.29, 1.82) is 0 Å². The van der Waals surface area contributed by atoms with Crippen LogP contribution in [-0.2, 0) is 47.9 Å². The van der Waals surface area contributed by atoms with Crippen molar-refractivity contribution < 1.29 is 47.8 Å². The third-order valence-corrected chi connectivity index (χ3v) is 6.39. The highest BCUT2D eigenvalue weighted by Gasteiger charge is 2.33. The maximum absolute atomic E-state index is 13.4. The summed E-state index contributed by atoms with van der Waals surface area (Å²) in [7, 11) is 0. The molecule has 0 fully saturated rings. The molecule has 12 nitrogen and oxygen atoms in total. The maximum Gasteiger partial charge on any atom is 0.408 e. The number of carbonyl (C=O) groups excluding carboxylic acids is 4. The van der Waals surface area contributed by atoms with Crippen molar-refractivity contribution in [2.75, 3.05) is 0 Å². The number of amides is 2. The van der Waals surface area contributed by atoms with Gasteiger partial charge in [0.1, 0.15) is 34.5 Å². The number of alkyl carbamates (subject to hydrolysis) is 2. The summed E-state index contributed by atoms with van der Waals surface area (Å²) in [4.78, 5) is 52.4. The fourth-order valence-corrected chi connectivity index (χ4v) is 4.64. The summed E-state index contributed by atoms with van der Waals surface area (Å²) < 4.78 is 23.9. The molecule has 2 amide bonds. The fraction of sp³-hybridized carbons (Fsp3) is 0.595. The molecule has 0 unspecified atom stereocenters. The molecule has 3 N–H and O–H groups in total. The third kappa shape index (κ3) is 16.1. The number of pyridine rings is 1. The number of hydrogen-bond acceptors (Lipinski definition) is 9. The van der Waals surface area contributed by atoms with Crippen molar-refractivity contribution in [2.45, 2.75) is 143 Å². The molecule has 49 heavy (non-hydrogen) atoms. The van der Waals surface area contributed by atoms with Gasteiger partial charge in [0.15, 0.2) is 18.5 Å². The monoisotopic (exact) mass is 686 g/mol. The summed E-state index contributed by atoms with van der Waals surface area (Å²) in [5.41, 5.74) is -1.44. The van der Waals surface area contributed by atoms with Gasteiger partial charge < -0.3 is 34.7 Å². The van der Waals surface area contributed by atoms with E-state index in [2.05, 4.69) is 10.6 Å². The van der Waals surface area contributed by atoms with Gasteiger partial charge in [0, 0.05) is 23.1 Å². The summed E-state index contributed by atoms with van der Waals surface area (Å²) >= 11 is 0. The zero-order valence-corrected chi connectivity index (χ0v) is 31.2. The first kappa shape index (κ1) is 40.8. The molecule has 1 heterocycles. The van der Waals surface area contributed by atoms with Crippen molar-refractivity contribution in [3.8, 4) is 5.75 Å². The van der Waals surface area contributed by atoms with Crippen molar-refractivity contribution in [3.63, 3.8) is 0 Å². The van der Waals surface area contributed by atoms with E-state index in [9.17, 15) is 24.3 Å². The van der Waals surface area contributed by atoms with Gasteiger partial charge in [-0.25, -0.2) is 19.2 Å². The van der Waals surface area contributed by atoms with Crippen LogP contribution in [0.25, 0.3) is 0 Å². The Labute approximate surface area is 290 Å². The highest BCUT2D eigenvalue weighted by Crippen LogP contribution is 2.25. The second kappa shape index (κ2) is 16.4. The van der Waals surface area contributed by atoms with Crippen molar-refractivity contribution in [2.24, 2.45) is 0 Å². The van der Waals surface area contributed by atoms with Gasteiger partial charge in [-0.3, -0.25) is 0 Å². The Hall–Kier alpha value is -4.35. The number of carbonyl (C=O) groups is 4. The van der Waals surface area contributed by atoms with E-state index in [1.807, 2.05) is 30.3 Å². The van der Waals surface area contributed by atoms with Gasteiger partial charge in [-0.1, -0.05) is 30.3 Å². The van der Waals surface area contributed by atoms with E-state index in [4.69, 9.17) is 18.9 Å². The van der Waals surface area contributed by atoms with Crippen LogP contribution >= 0.6 is 0 Å². The molecule has 0 aliphatic heterocycles. The lowest BCUT2D eigenvalue weighted by molar-refractivity contribution is -0.689. The molecule has 0 spiro atoms. The minimum Gasteiger partial charge on any atom is -0.503 e. The SMILES string of the molecule is CC(C)(C)OC(=O)N[C@@H](CCc1c[n+](Cc2ccccc2)cc(O)c1C[C@H](NC(=O)OC(C)(C)C)C(=O)OC(C)(C)C)C(=O)OC(C)(C)C. The molecule has 0 aliphatic rings. The van der Waals surface area contributed by atoms with Crippen LogP contribution in [-0.4, -0.2) is 63.7 Å². The molecular formula is C37H56N3O9+. The lowest BCUT2D eigenvalue weighted by Crippen LogP contribution is -2.47. The smallest absolute Gasteiger partial charge is 0.408 e. The van der Waals surface area contributed by atoms with Gasteiger partial charge in [-0.15, -0.1) is 0 Å². The largest absolute Gasteiger partial charge is 0.503 e. The van der Waals surface area contributed by atoms with E-state index in [1.54, 1.807) is 93.8 Å². The molecule has 0 bridgehead atoms. The lowest BCUT2D eigenvalue weighted by Gasteiger charge is -2.27. The fourth-order valence-electron chi connectivity index (χ4n) is 4.64. The number of aromatic hydroxyl groups is 1. The number of benzene rings is 1. The van der Waals surface area contributed by atoms with Crippen LogP contribution in [0.1, 0.15) is 106 Å². The van der Waals surface area contributed by atoms with E-state index in [0.717, 1.165) is 5.56 Å². The first-order valence-corrected chi connectivity index (χ1v) is 16.5. The molecule has 1 aromatic carbocycles. The van der Waals surface area contributed by atoms with Crippen LogP contribution in [0.3, 0.4) is 0 Å². The van der Waals surface area contributed by atoms with Crippen molar-refractivity contribution >= 4 is 24.1 Å². The van der Waals surface area contributed by atoms with Crippen LogP contribution in [0.15, 0.2) is 42.7 Å². The molecule has 2 rings (SSSR count). The Morgan fingerprint density at radius 1 is 0.673 bits per heavy atom. The van der Waals surface area contributed by atoms with E-state index >= 15 is 0 Å². The van der Waals surface area contributed by atoms with Gasteiger partial charge in [0.05, 0.1) is 0 Å². The molecule has 0 radical (unpaired) electrons. The molecular weight excluding hydrogens is 630 g/mol. The Bertz CT molecular complexity index is 1450. The van der Waals surface area contributed by atoms with Gasteiger partial charge in [0.25, 0.3) is 0 Å². The van der Waals surface area contributed by atoms with Crippen LogP contribution in [0.5, 0.6) is 5.75 Å². The minimum atomic E-state index is -1.23. The molecule has 272 valence electrons. The average Bonchev–Trinajstić information content (AvgIpc) is 2.88. The number of nitrogens with one attached hydrogen (secondary N) is 2. The predicted molar refractivity (Wildman–Crippen MR) is 184 cm³/mol. The van der Waals surface area contributed by atoms with Crippen LogP contribution < -0.4 is 15.2 Å². The number of rotatable bonds is 11. The molecule has 0 saturated carbocycles. The first-order valence-electron chi connectivity index (χ1n) is 16.5. The molecule has 12 heteroatoms. The van der Waals surface area contributed by atoms with Gasteiger partial charge in [0.2, 0.25) is 6.20 Å². The van der Waals surface area contributed by atoms with Crippen LogP contribution in [0.2, 0.25) is 0 Å². The molecule has 1 aromatic heterocycles. The Balaban J connectivity index is 2.58. The Kier molecular flexibility index (Phi) is 13.6. The highest BCUT2D eigenvalue weighted by atomic mass is 16.6. The predicted octanol–water partition coefficient (Wildman–Crippen LogP) is 5.67. The number of hydrogen-bond donors (Lipinski definition) is 3. The third-order valence-electron chi connectivity index (χ3n) is 6.39. The van der Waals surface area contributed by atoms with Crippen molar-refractivity contribution in [1.82, 2.24) is 10.6 Å². The summed E-state index contributed by atoms with van der Waals surface area (Å²) in [5.74, 6) is -1.51. The quantitative estimate of drug-likeness (QED) is 0.154. The number of aromatic nitrogens is 1. The highest BCUT2D eigenvalue weighted by molar-refractivity contribution is 5.83. The van der Waals surface area contributed by atoms with Crippen molar-refractivity contribution in [3.05, 3.63) is 59.4 Å². The number of esters is 2. The Morgan fingerprint density at radius 3 is 1.59 bits per heavy atom. The number of nitrogens with zero attached hydrogens (tertiary/aromatic N) is 1. The van der Waals surface area contributed by atoms with Gasteiger partial charge in [-0.05, 0) is 95.9 Å². The van der Waals surface area contributed by atoms with E-state index < -0.39 is 58.6 Å². The molecule has 0 saturated heterocycles. The minimum absolute atomic E-state index is 0.0620. The summed E-state index contributed by atoms with van der Waals surface area (Å²) in [5, 5.41) is 16.7. The van der Waals surface area contributed by atoms with Gasteiger partial charge >= 0.3 is 24.1 Å². The zero-order valence-electron chi connectivity index (χ0n) is 31.2. The molecule has 2 aromatic rings. The zero-order chi connectivity index (χ0) is 37.4. The number of aryl methyl sites for hydroxylation is 1. The summed E-state index contributed by atoms with van der Waals surface area (Å²) in [6.07, 6.45) is 1.80. The molecule has 0 aliphatic carbocycles. The first-order chi connectivity index (χ1) is 22.3. The van der Waals surface area contributed by atoms with Crippen LogP contribution in [0, 0.1) is 0 Å². The summed E-state index contributed by atoms with van der Waals surface area (Å²) in [6, 6.07) is 7.29. The van der Waals surface area contributed by atoms with Gasteiger partial charge in [-0.2, -0.15) is 4.57 Å². The second-order valence-electron chi connectivity index (χ2n) is 16.0. The topological polar surface area (TPSA) is 153 Å².